The fourth-order valence-electron chi connectivity index (χ4n) is 2.29. The topological polar surface area (TPSA) is 52.7 Å². The summed E-state index contributed by atoms with van der Waals surface area (Å²) in [5.41, 5.74) is 3.02. The molecule has 0 spiro atoms. The Morgan fingerprint density at radius 3 is 2.25 bits per heavy atom. The van der Waals surface area contributed by atoms with Gasteiger partial charge in [0.1, 0.15) is 0 Å². The first-order chi connectivity index (χ1) is 9.47. The van der Waals surface area contributed by atoms with E-state index in [0.717, 1.165) is 16.8 Å². The molecule has 5 heteroatoms. The molecule has 0 aliphatic carbocycles. The molecule has 108 valence electrons. The van der Waals surface area contributed by atoms with Crippen LogP contribution in [0.1, 0.15) is 18.1 Å². The zero-order valence-electron chi connectivity index (χ0n) is 12.3. The summed E-state index contributed by atoms with van der Waals surface area (Å²) >= 11 is 0. The molecule has 1 aliphatic rings. The highest BCUT2D eigenvalue weighted by Crippen LogP contribution is 2.17. The molecular weight excluding hydrogens is 254 g/mol. The first-order valence-electron chi connectivity index (χ1n) is 6.86. The van der Waals surface area contributed by atoms with Gasteiger partial charge in [0.25, 0.3) is 0 Å². The lowest BCUT2D eigenvalue weighted by Crippen LogP contribution is -2.51. The van der Waals surface area contributed by atoms with Crippen LogP contribution in [0.2, 0.25) is 0 Å². The highest BCUT2D eigenvalue weighted by atomic mass is 16.2. The minimum atomic E-state index is -0.0955. The van der Waals surface area contributed by atoms with Gasteiger partial charge in [-0.15, -0.1) is 0 Å². The van der Waals surface area contributed by atoms with Crippen LogP contribution in [-0.4, -0.2) is 47.9 Å². The van der Waals surface area contributed by atoms with Crippen LogP contribution < -0.4 is 5.32 Å². The molecule has 0 radical (unpaired) electrons. The van der Waals surface area contributed by atoms with Gasteiger partial charge in [0, 0.05) is 38.8 Å². The maximum atomic E-state index is 12.2. The Balaban J connectivity index is 1.96. The van der Waals surface area contributed by atoms with Crippen molar-refractivity contribution in [2.24, 2.45) is 0 Å². The summed E-state index contributed by atoms with van der Waals surface area (Å²) in [5.74, 6) is 0.0691. The second-order valence-corrected chi connectivity index (χ2v) is 5.24. The molecule has 1 aliphatic heterocycles. The molecule has 1 fully saturated rings. The molecule has 1 aromatic carbocycles. The molecule has 0 unspecified atom stereocenters. The second kappa shape index (κ2) is 5.94. The SMILES string of the molecule is CC(=O)N1CCN(C(=O)Nc2cc(C)ccc2C)CC1. The van der Waals surface area contributed by atoms with Crippen LogP contribution in [0.15, 0.2) is 18.2 Å². The van der Waals surface area contributed by atoms with Crippen molar-refractivity contribution in [3.05, 3.63) is 29.3 Å². The van der Waals surface area contributed by atoms with Gasteiger partial charge in [-0.1, -0.05) is 12.1 Å². The van der Waals surface area contributed by atoms with Crippen LogP contribution >= 0.6 is 0 Å². The summed E-state index contributed by atoms with van der Waals surface area (Å²) in [6.07, 6.45) is 0. The van der Waals surface area contributed by atoms with Crippen molar-refractivity contribution in [2.45, 2.75) is 20.8 Å². The monoisotopic (exact) mass is 275 g/mol. The number of amides is 3. The van der Waals surface area contributed by atoms with Crippen molar-refractivity contribution >= 4 is 17.6 Å². The van der Waals surface area contributed by atoms with Crippen molar-refractivity contribution in [1.82, 2.24) is 9.80 Å². The van der Waals surface area contributed by atoms with Gasteiger partial charge in [-0.05, 0) is 31.0 Å². The number of carbonyl (C=O) groups is 2. The highest BCUT2D eigenvalue weighted by molar-refractivity contribution is 5.90. The largest absolute Gasteiger partial charge is 0.339 e. The van der Waals surface area contributed by atoms with Crippen molar-refractivity contribution in [3.63, 3.8) is 0 Å². The molecule has 0 bridgehead atoms. The van der Waals surface area contributed by atoms with Crippen molar-refractivity contribution in [1.29, 1.82) is 0 Å². The van der Waals surface area contributed by atoms with E-state index in [-0.39, 0.29) is 11.9 Å². The van der Waals surface area contributed by atoms with Crippen molar-refractivity contribution in [2.75, 3.05) is 31.5 Å². The quantitative estimate of drug-likeness (QED) is 0.852. The number of aryl methyl sites for hydroxylation is 2. The van der Waals surface area contributed by atoms with E-state index < -0.39 is 0 Å². The molecule has 0 saturated carbocycles. The Labute approximate surface area is 119 Å². The zero-order chi connectivity index (χ0) is 14.7. The molecule has 1 heterocycles. The number of urea groups is 1. The molecule has 5 nitrogen and oxygen atoms in total. The summed E-state index contributed by atoms with van der Waals surface area (Å²) in [7, 11) is 0. The number of nitrogens with zero attached hydrogens (tertiary/aromatic N) is 2. The first kappa shape index (κ1) is 14.4. The molecule has 1 saturated heterocycles. The van der Waals surface area contributed by atoms with Gasteiger partial charge in [-0.25, -0.2) is 4.79 Å². The van der Waals surface area contributed by atoms with Crippen LogP contribution in [0.3, 0.4) is 0 Å². The Morgan fingerprint density at radius 1 is 1.05 bits per heavy atom. The van der Waals surface area contributed by atoms with E-state index in [4.69, 9.17) is 0 Å². The van der Waals surface area contributed by atoms with Gasteiger partial charge >= 0.3 is 6.03 Å². The molecule has 1 aromatic rings. The number of nitrogens with one attached hydrogen (secondary N) is 1. The second-order valence-electron chi connectivity index (χ2n) is 5.24. The zero-order valence-corrected chi connectivity index (χ0v) is 12.3. The Bertz CT molecular complexity index is 520. The number of hydrogen-bond donors (Lipinski definition) is 1. The van der Waals surface area contributed by atoms with E-state index in [1.165, 1.54) is 0 Å². The normalized spacial score (nSPS) is 15.2. The van der Waals surface area contributed by atoms with Crippen molar-refractivity contribution < 1.29 is 9.59 Å². The van der Waals surface area contributed by atoms with Gasteiger partial charge < -0.3 is 15.1 Å². The lowest BCUT2D eigenvalue weighted by atomic mass is 10.1. The van der Waals surface area contributed by atoms with Gasteiger partial charge in [-0.3, -0.25) is 4.79 Å². The standard InChI is InChI=1S/C15H21N3O2/c1-11-4-5-12(2)14(10-11)16-15(20)18-8-6-17(7-9-18)13(3)19/h4-5,10H,6-9H2,1-3H3,(H,16,20). The fraction of sp³-hybridized carbons (Fsp3) is 0.467. The minimum Gasteiger partial charge on any atom is -0.339 e. The van der Waals surface area contributed by atoms with Crippen LogP contribution in [0.25, 0.3) is 0 Å². The Morgan fingerprint density at radius 2 is 1.65 bits per heavy atom. The molecule has 0 aromatic heterocycles. The number of rotatable bonds is 1. The van der Waals surface area contributed by atoms with E-state index in [1.807, 2.05) is 32.0 Å². The van der Waals surface area contributed by atoms with Gasteiger partial charge in [-0.2, -0.15) is 0 Å². The summed E-state index contributed by atoms with van der Waals surface area (Å²) < 4.78 is 0. The third kappa shape index (κ3) is 3.29. The Kier molecular flexibility index (Phi) is 4.27. The maximum absolute atomic E-state index is 12.2. The summed E-state index contributed by atoms with van der Waals surface area (Å²) in [4.78, 5) is 27.0. The predicted octanol–water partition coefficient (Wildman–Crippen LogP) is 2.00. The third-order valence-corrected chi connectivity index (χ3v) is 3.65. The average molecular weight is 275 g/mol. The highest BCUT2D eigenvalue weighted by Gasteiger charge is 2.22. The Hall–Kier alpha value is -2.04. The molecule has 20 heavy (non-hydrogen) atoms. The fourth-order valence-corrected chi connectivity index (χ4v) is 2.29. The first-order valence-corrected chi connectivity index (χ1v) is 6.86. The molecule has 1 N–H and O–H groups in total. The number of benzene rings is 1. The van der Waals surface area contributed by atoms with E-state index in [9.17, 15) is 9.59 Å². The van der Waals surface area contributed by atoms with Gasteiger partial charge in [0.2, 0.25) is 5.91 Å². The average Bonchev–Trinajstić information content (AvgIpc) is 2.43. The van der Waals surface area contributed by atoms with Crippen LogP contribution in [0.4, 0.5) is 10.5 Å². The van der Waals surface area contributed by atoms with Crippen molar-refractivity contribution in [3.8, 4) is 0 Å². The number of carbonyl (C=O) groups excluding carboxylic acids is 2. The van der Waals surface area contributed by atoms with Crippen LogP contribution in [0.5, 0.6) is 0 Å². The lowest BCUT2D eigenvalue weighted by Gasteiger charge is -2.34. The van der Waals surface area contributed by atoms with E-state index >= 15 is 0 Å². The predicted molar refractivity (Wildman–Crippen MR) is 78.8 cm³/mol. The van der Waals surface area contributed by atoms with Gasteiger partial charge in [0.05, 0.1) is 0 Å². The van der Waals surface area contributed by atoms with Gasteiger partial charge in [0.15, 0.2) is 0 Å². The molecule has 0 atom stereocenters. The van der Waals surface area contributed by atoms with E-state index in [2.05, 4.69) is 5.32 Å². The third-order valence-electron chi connectivity index (χ3n) is 3.65. The summed E-state index contributed by atoms with van der Waals surface area (Å²) in [6, 6.07) is 5.90. The summed E-state index contributed by atoms with van der Waals surface area (Å²) in [6.45, 7) is 7.91. The van der Waals surface area contributed by atoms with Crippen LogP contribution in [-0.2, 0) is 4.79 Å². The van der Waals surface area contributed by atoms with E-state index in [0.29, 0.717) is 26.2 Å². The summed E-state index contributed by atoms with van der Waals surface area (Å²) in [5, 5.41) is 2.95. The maximum Gasteiger partial charge on any atom is 0.321 e. The van der Waals surface area contributed by atoms with E-state index in [1.54, 1.807) is 16.7 Å². The lowest BCUT2D eigenvalue weighted by molar-refractivity contribution is -0.130. The molecule has 3 amide bonds. The smallest absolute Gasteiger partial charge is 0.321 e. The number of anilines is 1. The molecule has 2 rings (SSSR count). The van der Waals surface area contributed by atoms with Crippen LogP contribution in [0, 0.1) is 13.8 Å². The number of hydrogen-bond acceptors (Lipinski definition) is 2. The number of piperazine rings is 1. The minimum absolute atomic E-state index is 0.0691. The molecular formula is C15H21N3O2.